The van der Waals surface area contributed by atoms with Gasteiger partial charge in [0, 0.05) is 24.3 Å². The van der Waals surface area contributed by atoms with Gasteiger partial charge in [0.05, 0.1) is 17.8 Å². The Balaban J connectivity index is 1.80. The minimum atomic E-state index is -1.07. The van der Waals surface area contributed by atoms with Crippen molar-refractivity contribution in [2.75, 3.05) is 18.0 Å². The lowest BCUT2D eigenvalue weighted by molar-refractivity contribution is -0.121. The van der Waals surface area contributed by atoms with Crippen molar-refractivity contribution in [3.8, 4) is 6.07 Å². The second-order valence-corrected chi connectivity index (χ2v) is 5.93. The highest BCUT2D eigenvalue weighted by molar-refractivity contribution is 6.01. The van der Waals surface area contributed by atoms with Gasteiger partial charge in [-0.05, 0) is 31.2 Å². The number of anilines is 1. The largest absolute Gasteiger partial charge is 0.323 e. The van der Waals surface area contributed by atoms with E-state index in [9.17, 15) is 18.4 Å². The lowest BCUT2D eigenvalue weighted by Crippen LogP contribution is -2.57. The SMILES string of the molecule is C[C@@H]1CN(c2ccc(C#N)cc2)C(=O)CN1C(=O)c1ncc(F)cc1F. The minimum absolute atomic E-state index is 0.208. The highest BCUT2D eigenvalue weighted by atomic mass is 19.1. The number of amides is 2. The maximum atomic E-state index is 13.8. The summed E-state index contributed by atoms with van der Waals surface area (Å²) < 4.78 is 26.8. The third-order valence-corrected chi connectivity index (χ3v) is 4.16. The van der Waals surface area contributed by atoms with Gasteiger partial charge in [0.25, 0.3) is 5.91 Å². The Labute approximate surface area is 148 Å². The standard InChI is InChI=1S/C18H14F2N4O2/c1-11-9-24(14-4-2-12(7-21)3-5-14)16(25)10-23(11)18(26)17-15(20)6-13(19)8-22-17/h2-6,8,11H,9-10H2,1H3/t11-/m1/s1. The van der Waals surface area contributed by atoms with Gasteiger partial charge in [0.1, 0.15) is 12.4 Å². The molecule has 3 rings (SSSR count). The summed E-state index contributed by atoms with van der Waals surface area (Å²) in [4.78, 5) is 31.2. The topological polar surface area (TPSA) is 77.3 Å². The zero-order valence-electron chi connectivity index (χ0n) is 13.8. The number of carbonyl (C=O) groups excluding carboxylic acids is 2. The monoisotopic (exact) mass is 356 g/mol. The van der Waals surface area contributed by atoms with Crippen LogP contribution in [0.1, 0.15) is 23.0 Å². The molecule has 0 bridgehead atoms. The number of piperazine rings is 1. The Morgan fingerprint density at radius 1 is 1.31 bits per heavy atom. The van der Waals surface area contributed by atoms with E-state index in [1.807, 2.05) is 6.07 Å². The molecule has 0 unspecified atom stereocenters. The van der Waals surface area contributed by atoms with Crippen LogP contribution in [0.2, 0.25) is 0 Å². The average molecular weight is 356 g/mol. The van der Waals surface area contributed by atoms with Crippen molar-refractivity contribution in [1.82, 2.24) is 9.88 Å². The molecule has 1 fully saturated rings. The first kappa shape index (κ1) is 17.5. The van der Waals surface area contributed by atoms with E-state index in [0.29, 0.717) is 17.3 Å². The molecule has 2 aromatic rings. The quantitative estimate of drug-likeness (QED) is 0.826. The number of benzene rings is 1. The molecule has 6 nitrogen and oxygen atoms in total. The maximum absolute atomic E-state index is 13.8. The molecule has 1 aliphatic rings. The van der Waals surface area contributed by atoms with Crippen LogP contribution in [0.4, 0.5) is 14.5 Å². The van der Waals surface area contributed by atoms with Crippen molar-refractivity contribution in [2.45, 2.75) is 13.0 Å². The fourth-order valence-electron chi connectivity index (χ4n) is 2.80. The Kier molecular flexibility index (Phi) is 4.63. The molecule has 1 aromatic heterocycles. The summed E-state index contributed by atoms with van der Waals surface area (Å²) in [5.74, 6) is -3.05. The molecule has 8 heteroatoms. The summed E-state index contributed by atoms with van der Waals surface area (Å²) in [7, 11) is 0. The first-order valence-corrected chi connectivity index (χ1v) is 7.83. The highest BCUT2D eigenvalue weighted by Crippen LogP contribution is 2.22. The fourth-order valence-corrected chi connectivity index (χ4v) is 2.80. The van der Waals surface area contributed by atoms with E-state index < -0.39 is 29.3 Å². The number of aromatic nitrogens is 1. The Morgan fingerprint density at radius 3 is 2.62 bits per heavy atom. The van der Waals surface area contributed by atoms with Crippen LogP contribution in [-0.2, 0) is 4.79 Å². The van der Waals surface area contributed by atoms with Gasteiger partial charge in [-0.15, -0.1) is 0 Å². The van der Waals surface area contributed by atoms with Gasteiger partial charge in [0.15, 0.2) is 11.5 Å². The first-order valence-electron chi connectivity index (χ1n) is 7.83. The van der Waals surface area contributed by atoms with Crippen LogP contribution in [0.5, 0.6) is 0 Å². The predicted molar refractivity (Wildman–Crippen MR) is 88.2 cm³/mol. The molecular weight excluding hydrogens is 342 g/mol. The van der Waals surface area contributed by atoms with Crippen LogP contribution in [0.15, 0.2) is 36.5 Å². The second kappa shape index (κ2) is 6.88. The Morgan fingerprint density at radius 2 is 2.00 bits per heavy atom. The van der Waals surface area contributed by atoms with Gasteiger partial charge in [-0.2, -0.15) is 5.26 Å². The molecule has 2 amide bonds. The van der Waals surface area contributed by atoms with Gasteiger partial charge in [0.2, 0.25) is 5.91 Å². The highest BCUT2D eigenvalue weighted by Gasteiger charge is 2.35. The van der Waals surface area contributed by atoms with Crippen molar-refractivity contribution in [2.24, 2.45) is 0 Å². The van der Waals surface area contributed by atoms with E-state index in [-0.39, 0.29) is 19.0 Å². The van der Waals surface area contributed by atoms with Gasteiger partial charge in [-0.1, -0.05) is 0 Å². The van der Waals surface area contributed by atoms with Crippen molar-refractivity contribution in [3.05, 3.63) is 59.4 Å². The molecule has 0 N–H and O–H groups in total. The van der Waals surface area contributed by atoms with Crippen LogP contribution in [0.3, 0.4) is 0 Å². The van der Waals surface area contributed by atoms with Crippen molar-refractivity contribution >= 4 is 17.5 Å². The molecule has 1 saturated heterocycles. The number of hydrogen-bond acceptors (Lipinski definition) is 4. The summed E-state index contributed by atoms with van der Waals surface area (Å²) >= 11 is 0. The number of hydrogen-bond donors (Lipinski definition) is 0. The Bertz CT molecular complexity index is 908. The summed E-state index contributed by atoms with van der Waals surface area (Å²) in [6.45, 7) is 1.68. The van der Waals surface area contributed by atoms with E-state index in [0.717, 1.165) is 6.20 Å². The third-order valence-electron chi connectivity index (χ3n) is 4.16. The first-order chi connectivity index (χ1) is 12.4. The summed E-state index contributed by atoms with van der Waals surface area (Å²) in [6.07, 6.45) is 0.760. The Hall–Kier alpha value is -3.34. The van der Waals surface area contributed by atoms with Crippen LogP contribution < -0.4 is 4.90 Å². The third kappa shape index (κ3) is 3.24. The van der Waals surface area contributed by atoms with Crippen molar-refractivity contribution < 1.29 is 18.4 Å². The average Bonchev–Trinajstić information content (AvgIpc) is 2.63. The van der Waals surface area contributed by atoms with Crippen LogP contribution in [0, 0.1) is 23.0 Å². The van der Waals surface area contributed by atoms with Gasteiger partial charge >= 0.3 is 0 Å². The molecule has 1 aliphatic heterocycles. The summed E-state index contributed by atoms with van der Waals surface area (Å²) in [5, 5.41) is 8.84. The van der Waals surface area contributed by atoms with E-state index in [2.05, 4.69) is 4.98 Å². The molecule has 0 spiro atoms. The van der Waals surface area contributed by atoms with E-state index >= 15 is 0 Å². The van der Waals surface area contributed by atoms with Crippen molar-refractivity contribution in [1.29, 1.82) is 5.26 Å². The van der Waals surface area contributed by atoms with E-state index in [1.54, 1.807) is 31.2 Å². The fraction of sp³-hybridized carbons (Fsp3) is 0.222. The number of carbonyl (C=O) groups is 2. The van der Waals surface area contributed by atoms with Crippen LogP contribution >= 0.6 is 0 Å². The molecule has 132 valence electrons. The molecule has 1 aromatic carbocycles. The van der Waals surface area contributed by atoms with Crippen molar-refractivity contribution in [3.63, 3.8) is 0 Å². The maximum Gasteiger partial charge on any atom is 0.276 e. The lowest BCUT2D eigenvalue weighted by Gasteiger charge is -2.39. The summed E-state index contributed by atoms with van der Waals surface area (Å²) in [5.41, 5.74) is 0.567. The molecule has 0 saturated carbocycles. The molecular formula is C18H14F2N4O2. The number of nitriles is 1. The van der Waals surface area contributed by atoms with Gasteiger partial charge in [-0.3, -0.25) is 9.59 Å². The number of rotatable bonds is 2. The minimum Gasteiger partial charge on any atom is -0.323 e. The molecule has 1 atom stereocenters. The second-order valence-electron chi connectivity index (χ2n) is 5.93. The number of pyridine rings is 1. The summed E-state index contributed by atoms with van der Waals surface area (Å²) in [6, 6.07) is 8.69. The predicted octanol–water partition coefficient (Wildman–Crippen LogP) is 2.11. The normalized spacial score (nSPS) is 17.2. The van der Waals surface area contributed by atoms with Crippen LogP contribution in [-0.4, -0.2) is 40.8 Å². The molecule has 2 heterocycles. The molecule has 0 aliphatic carbocycles. The van der Waals surface area contributed by atoms with E-state index in [1.165, 1.54) is 9.80 Å². The smallest absolute Gasteiger partial charge is 0.276 e. The molecule has 0 radical (unpaired) electrons. The molecule has 26 heavy (non-hydrogen) atoms. The number of halogens is 2. The van der Waals surface area contributed by atoms with E-state index in [4.69, 9.17) is 5.26 Å². The van der Waals surface area contributed by atoms with Gasteiger partial charge < -0.3 is 9.80 Å². The van der Waals surface area contributed by atoms with Gasteiger partial charge in [-0.25, -0.2) is 13.8 Å². The van der Waals surface area contributed by atoms with Crippen LogP contribution in [0.25, 0.3) is 0 Å². The number of nitrogens with zero attached hydrogens (tertiary/aromatic N) is 4. The zero-order chi connectivity index (χ0) is 18.8. The lowest BCUT2D eigenvalue weighted by atomic mass is 10.1. The zero-order valence-corrected chi connectivity index (χ0v) is 13.8.